The fourth-order valence-corrected chi connectivity index (χ4v) is 6.05. The molecule has 6 nitrogen and oxygen atoms in total. The van der Waals surface area contributed by atoms with Gasteiger partial charge >= 0.3 is 0 Å². The normalized spacial score (nSPS) is 24.7. The van der Waals surface area contributed by atoms with Crippen LogP contribution in [0, 0.1) is 11.3 Å². The van der Waals surface area contributed by atoms with E-state index in [-0.39, 0.29) is 34.1 Å². The van der Waals surface area contributed by atoms with Crippen LogP contribution in [-0.2, 0) is 14.6 Å². The summed E-state index contributed by atoms with van der Waals surface area (Å²) in [6.07, 6.45) is 3.41. The van der Waals surface area contributed by atoms with Gasteiger partial charge in [0.1, 0.15) is 0 Å². The Labute approximate surface area is 169 Å². The Morgan fingerprint density at radius 1 is 1.21 bits per heavy atom. The summed E-state index contributed by atoms with van der Waals surface area (Å²) < 4.78 is 25.1. The largest absolute Gasteiger partial charge is 0.394 e. The number of benzene rings is 1. The average Bonchev–Trinajstić information content (AvgIpc) is 2.57. The smallest absolute Gasteiger partial charge is 0.221 e. The van der Waals surface area contributed by atoms with Gasteiger partial charge in [0.15, 0.2) is 9.84 Å². The molecule has 1 amide bonds. The Balaban J connectivity index is 1.91. The summed E-state index contributed by atoms with van der Waals surface area (Å²) in [6, 6.07) is 6.24. The number of nitrogens with one attached hydrogen (secondary N) is 2. The van der Waals surface area contributed by atoms with Crippen molar-refractivity contribution in [2.45, 2.75) is 63.8 Å². The van der Waals surface area contributed by atoms with Crippen LogP contribution >= 0.6 is 0 Å². The van der Waals surface area contributed by atoms with Gasteiger partial charge in [0.25, 0.3) is 0 Å². The second-order valence-electron chi connectivity index (χ2n) is 9.10. The lowest BCUT2D eigenvalue weighted by Gasteiger charge is -2.47. The maximum atomic E-state index is 12.6. The molecular formula is C21H34N2O4S. The predicted molar refractivity (Wildman–Crippen MR) is 112 cm³/mol. The van der Waals surface area contributed by atoms with E-state index in [0.717, 1.165) is 19.3 Å². The summed E-state index contributed by atoms with van der Waals surface area (Å²) in [4.78, 5) is 11.3. The molecule has 158 valence electrons. The Bertz CT molecular complexity index is 774. The molecule has 3 N–H and O–H groups in total. The van der Waals surface area contributed by atoms with Crippen LogP contribution in [0.1, 0.15) is 53.4 Å². The fourth-order valence-electron chi connectivity index (χ4n) is 4.74. The maximum Gasteiger partial charge on any atom is 0.221 e. The van der Waals surface area contributed by atoms with Gasteiger partial charge in [0.05, 0.1) is 17.3 Å². The van der Waals surface area contributed by atoms with Gasteiger partial charge in [-0.3, -0.25) is 4.79 Å². The molecule has 28 heavy (non-hydrogen) atoms. The lowest BCUT2D eigenvalue weighted by atomic mass is 9.64. The summed E-state index contributed by atoms with van der Waals surface area (Å²) in [5, 5.41) is 16.1. The Morgan fingerprint density at radius 3 is 2.39 bits per heavy atom. The van der Waals surface area contributed by atoms with Gasteiger partial charge in [-0.15, -0.1) is 0 Å². The maximum absolute atomic E-state index is 12.6. The summed E-state index contributed by atoms with van der Waals surface area (Å²) in [5.74, 6) is 0.369. The van der Waals surface area contributed by atoms with Crippen molar-refractivity contribution in [3.05, 3.63) is 24.3 Å². The molecule has 0 bridgehead atoms. The quantitative estimate of drug-likeness (QED) is 0.573. The molecule has 0 heterocycles. The zero-order chi connectivity index (χ0) is 21.0. The topological polar surface area (TPSA) is 95.5 Å². The third-order valence-electron chi connectivity index (χ3n) is 5.38. The molecule has 2 atom stereocenters. The van der Waals surface area contributed by atoms with Crippen LogP contribution in [0.3, 0.4) is 0 Å². The number of sulfone groups is 1. The number of anilines is 1. The standard InChI is InChI=1S/C21H34N2O4S/c1-16-12-20(3,4)14-21(13-16,15-24)22-10-5-11-28(26,27)19-8-6-18(7-9-19)23-17(2)25/h6-9,16,22,24H,5,10-15H2,1-4H3,(H,23,25)/t16-,21-/m1/s1. The molecule has 7 heteroatoms. The van der Waals surface area contributed by atoms with Crippen LogP contribution in [0.4, 0.5) is 5.69 Å². The average molecular weight is 411 g/mol. The molecule has 1 aliphatic carbocycles. The van der Waals surface area contributed by atoms with E-state index < -0.39 is 9.84 Å². The monoisotopic (exact) mass is 410 g/mol. The van der Waals surface area contributed by atoms with Gasteiger partial charge in [-0.1, -0.05) is 20.8 Å². The molecular weight excluding hydrogens is 376 g/mol. The molecule has 0 spiro atoms. The summed E-state index contributed by atoms with van der Waals surface area (Å²) in [7, 11) is -3.38. The number of carbonyl (C=O) groups is 1. The van der Waals surface area contributed by atoms with Gasteiger partial charge in [-0.25, -0.2) is 8.42 Å². The first-order valence-electron chi connectivity index (χ1n) is 9.93. The third kappa shape index (κ3) is 6.29. The van der Waals surface area contributed by atoms with E-state index in [1.54, 1.807) is 12.1 Å². The zero-order valence-electron chi connectivity index (χ0n) is 17.4. The van der Waals surface area contributed by atoms with Crippen molar-refractivity contribution in [3.8, 4) is 0 Å². The Hall–Kier alpha value is -1.44. The van der Waals surface area contributed by atoms with Gasteiger partial charge < -0.3 is 15.7 Å². The molecule has 1 saturated carbocycles. The van der Waals surface area contributed by atoms with E-state index in [1.807, 2.05) is 0 Å². The van der Waals surface area contributed by atoms with E-state index in [4.69, 9.17) is 0 Å². The molecule has 1 aromatic rings. The minimum atomic E-state index is -3.38. The van der Waals surface area contributed by atoms with Crippen molar-refractivity contribution in [2.75, 3.05) is 24.2 Å². The van der Waals surface area contributed by atoms with Crippen molar-refractivity contribution >= 4 is 21.4 Å². The first kappa shape index (κ1) is 22.8. The molecule has 0 aromatic heterocycles. The van der Waals surface area contributed by atoms with Crippen molar-refractivity contribution in [2.24, 2.45) is 11.3 Å². The van der Waals surface area contributed by atoms with Crippen molar-refractivity contribution in [1.29, 1.82) is 0 Å². The van der Waals surface area contributed by atoms with E-state index >= 15 is 0 Å². The highest BCUT2D eigenvalue weighted by molar-refractivity contribution is 7.91. The first-order chi connectivity index (χ1) is 13.0. The van der Waals surface area contributed by atoms with Crippen LogP contribution in [0.2, 0.25) is 0 Å². The van der Waals surface area contributed by atoms with Gasteiger partial charge in [0, 0.05) is 18.2 Å². The van der Waals surface area contributed by atoms with Crippen molar-refractivity contribution < 1.29 is 18.3 Å². The molecule has 1 fully saturated rings. The van der Waals surface area contributed by atoms with Gasteiger partial charge in [-0.05, 0) is 67.8 Å². The highest BCUT2D eigenvalue weighted by atomic mass is 32.2. The molecule has 0 saturated heterocycles. The summed E-state index contributed by atoms with van der Waals surface area (Å²) in [5.41, 5.74) is 0.409. The van der Waals surface area contributed by atoms with E-state index in [2.05, 4.69) is 31.4 Å². The van der Waals surface area contributed by atoms with Crippen LogP contribution < -0.4 is 10.6 Å². The number of aliphatic hydroxyl groups is 1. The second-order valence-corrected chi connectivity index (χ2v) is 11.2. The zero-order valence-corrected chi connectivity index (χ0v) is 18.2. The molecule has 0 radical (unpaired) electrons. The van der Waals surface area contributed by atoms with Crippen LogP contribution in [0.25, 0.3) is 0 Å². The van der Waals surface area contributed by atoms with Gasteiger partial charge in [-0.2, -0.15) is 0 Å². The minimum absolute atomic E-state index is 0.0416. The second kappa shape index (κ2) is 8.93. The van der Waals surface area contributed by atoms with Crippen molar-refractivity contribution in [3.63, 3.8) is 0 Å². The number of carbonyl (C=O) groups excluding carboxylic acids is 1. The summed E-state index contributed by atoms with van der Waals surface area (Å²) in [6.45, 7) is 8.69. The number of amides is 1. The number of hydrogen-bond donors (Lipinski definition) is 3. The number of hydrogen-bond acceptors (Lipinski definition) is 5. The number of aliphatic hydroxyl groups excluding tert-OH is 1. The third-order valence-corrected chi connectivity index (χ3v) is 7.20. The van der Waals surface area contributed by atoms with E-state index in [1.165, 1.54) is 19.1 Å². The Kier molecular flexibility index (Phi) is 7.28. The molecule has 1 aromatic carbocycles. The Morgan fingerprint density at radius 2 is 1.86 bits per heavy atom. The van der Waals surface area contributed by atoms with Crippen LogP contribution in [0.15, 0.2) is 29.2 Å². The summed E-state index contributed by atoms with van der Waals surface area (Å²) >= 11 is 0. The lowest BCUT2D eigenvalue weighted by Crippen LogP contribution is -2.55. The molecule has 0 unspecified atom stereocenters. The fraction of sp³-hybridized carbons (Fsp3) is 0.667. The van der Waals surface area contributed by atoms with Crippen LogP contribution in [-0.4, -0.2) is 43.9 Å². The van der Waals surface area contributed by atoms with E-state index in [9.17, 15) is 18.3 Å². The lowest BCUT2D eigenvalue weighted by molar-refractivity contribution is -0.114. The van der Waals surface area contributed by atoms with Crippen molar-refractivity contribution in [1.82, 2.24) is 5.32 Å². The first-order valence-corrected chi connectivity index (χ1v) is 11.6. The van der Waals surface area contributed by atoms with Crippen LogP contribution in [0.5, 0.6) is 0 Å². The number of rotatable bonds is 8. The van der Waals surface area contributed by atoms with Gasteiger partial charge in [0.2, 0.25) is 5.91 Å². The molecule has 2 rings (SSSR count). The molecule has 1 aliphatic rings. The SMILES string of the molecule is CC(=O)Nc1ccc(S(=O)(=O)CCCN[C@]2(CO)C[C@H](C)CC(C)(C)C2)cc1. The molecule has 0 aliphatic heterocycles. The highest BCUT2D eigenvalue weighted by Crippen LogP contribution is 2.43. The highest BCUT2D eigenvalue weighted by Gasteiger charge is 2.42. The predicted octanol–water partition coefficient (Wildman–Crippen LogP) is 2.98. The van der Waals surface area contributed by atoms with E-state index in [0.29, 0.717) is 24.6 Å². The minimum Gasteiger partial charge on any atom is -0.394 e.